The van der Waals surface area contributed by atoms with Crippen LogP contribution in [0.4, 0.5) is 11.4 Å². The fraction of sp³-hybridized carbons (Fsp3) is 0.278. The van der Waals surface area contributed by atoms with Gasteiger partial charge in [-0.1, -0.05) is 18.2 Å². The third kappa shape index (κ3) is 6.76. The van der Waals surface area contributed by atoms with Gasteiger partial charge in [-0.25, -0.2) is 4.57 Å². The molecule has 0 amide bonds. The van der Waals surface area contributed by atoms with Crippen LogP contribution in [0.25, 0.3) is 0 Å². The molecule has 13 heteroatoms. The fourth-order valence-electron chi connectivity index (χ4n) is 2.28. The molecule has 0 aromatic heterocycles. The molecule has 166 valence electrons. The molecule has 0 aliphatic heterocycles. The van der Waals surface area contributed by atoms with E-state index < -0.39 is 52.8 Å². The first kappa shape index (κ1) is 23.8. The van der Waals surface area contributed by atoms with E-state index in [0.717, 1.165) is 12.1 Å². The minimum absolute atomic E-state index is 0.0901. The topological polar surface area (TPSA) is 160 Å². The lowest BCUT2D eigenvalue weighted by atomic mass is 10.2. The van der Waals surface area contributed by atoms with Gasteiger partial charge < -0.3 is 13.8 Å². The third-order valence-corrected chi connectivity index (χ3v) is 5.19. The smallest absolute Gasteiger partial charge is 0.462 e. The highest BCUT2D eigenvalue weighted by Gasteiger charge is 2.36. The van der Waals surface area contributed by atoms with Gasteiger partial charge in [0.25, 0.3) is 5.69 Å². The minimum atomic E-state index is -4.45. The molecule has 0 aliphatic rings. The van der Waals surface area contributed by atoms with Crippen molar-refractivity contribution in [2.75, 3.05) is 0 Å². The van der Waals surface area contributed by atoms with Crippen molar-refractivity contribution in [2.45, 2.75) is 32.9 Å². The molecule has 0 saturated heterocycles. The fourth-order valence-corrected chi connectivity index (χ4v) is 3.82. The standard InChI is InChI=1S/C18H20N3O9P/c1-12(2)28-18(22)13(3)19-31(27,29-15-7-5-4-6-8-15)30-17-10-9-14(20(23)24)11-16(17)21(25)26/h4-13H,1-3H3,(H,19,27)/t13?,31-/m0/s1. The van der Waals surface area contributed by atoms with Crippen LogP contribution in [-0.2, 0) is 14.1 Å². The highest BCUT2D eigenvalue weighted by Crippen LogP contribution is 2.48. The summed E-state index contributed by atoms with van der Waals surface area (Å²) in [6.45, 7) is 4.60. The maximum absolute atomic E-state index is 13.4. The highest BCUT2D eigenvalue weighted by atomic mass is 31.2. The van der Waals surface area contributed by atoms with Gasteiger partial charge in [0, 0.05) is 6.07 Å². The van der Waals surface area contributed by atoms with Crippen molar-refractivity contribution in [3.63, 3.8) is 0 Å². The number of hydrogen-bond acceptors (Lipinski definition) is 9. The second kappa shape index (κ2) is 10.0. The number of nitrogens with zero attached hydrogens (tertiary/aromatic N) is 2. The van der Waals surface area contributed by atoms with Crippen LogP contribution < -0.4 is 14.1 Å². The molecule has 1 unspecified atom stereocenters. The molecule has 0 aliphatic carbocycles. The summed E-state index contributed by atoms with van der Waals surface area (Å²) >= 11 is 0. The second-order valence-corrected chi connectivity index (χ2v) is 8.11. The number of non-ortho nitro benzene ring substituents is 1. The van der Waals surface area contributed by atoms with E-state index in [1.54, 1.807) is 32.0 Å². The molecule has 0 spiro atoms. The number of ether oxygens (including phenoxy) is 1. The maximum atomic E-state index is 13.4. The highest BCUT2D eigenvalue weighted by molar-refractivity contribution is 7.52. The van der Waals surface area contributed by atoms with Gasteiger partial charge >= 0.3 is 19.4 Å². The van der Waals surface area contributed by atoms with Crippen molar-refractivity contribution in [1.82, 2.24) is 5.09 Å². The Morgan fingerprint density at radius 2 is 1.65 bits per heavy atom. The van der Waals surface area contributed by atoms with Gasteiger partial charge in [0.1, 0.15) is 11.8 Å². The van der Waals surface area contributed by atoms with Crippen molar-refractivity contribution in [3.05, 3.63) is 68.8 Å². The number of carbonyl (C=O) groups is 1. The molecule has 1 N–H and O–H groups in total. The first-order valence-electron chi connectivity index (χ1n) is 8.96. The van der Waals surface area contributed by atoms with E-state index in [9.17, 15) is 29.6 Å². The number of nitrogens with one attached hydrogen (secondary N) is 1. The van der Waals surface area contributed by atoms with Gasteiger partial charge in [-0.2, -0.15) is 5.09 Å². The first-order chi connectivity index (χ1) is 14.5. The van der Waals surface area contributed by atoms with Crippen LogP contribution in [0.15, 0.2) is 48.5 Å². The molecule has 0 fully saturated rings. The average molecular weight is 453 g/mol. The summed E-state index contributed by atoms with van der Waals surface area (Å²) in [5, 5.41) is 24.7. The first-order valence-corrected chi connectivity index (χ1v) is 10.5. The Bertz CT molecular complexity index is 1010. The van der Waals surface area contributed by atoms with E-state index in [1.165, 1.54) is 19.1 Å². The number of hydrogen-bond donors (Lipinski definition) is 1. The molecule has 2 aromatic rings. The summed E-state index contributed by atoms with van der Waals surface area (Å²) in [4.78, 5) is 32.7. The third-order valence-electron chi connectivity index (χ3n) is 3.59. The van der Waals surface area contributed by atoms with Crippen molar-refractivity contribution in [3.8, 4) is 11.5 Å². The number of benzene rings is 2. The van der Waals surface area contributed by atoms with Gasteiger partial charge in [-0.15, -0.1) is 0 Å². The second-order valence-electron chi connectivity index (χ2n) is 6.50. The Hall–Kier alpha value is -3.50. The summed E-state index contributed by atoms with van der Waals surface area (Å²) < 4.78 is 29.2. The van der Waals surface area contributed by atoms with Crippen molar-refractivity contribution < 1.29 is 33.0 Å². The largest absolute Gasteiger partial charge is 0.513 e. The molecule has 0 saturated carbocycles. The van der Waals surface area contributed by atoms with E-state index in [0.29, 0.717) is 6.07 Å². The zero-order valence-corrected chi connectivity index (χ0v) is 17.7. The Labute approximate surface area is 177 Å². The quantitative estimate of drug-likeness (QED) is 0.241. The van der Waals surface area contributed by atoms with E-state index >= 15 is 0 Å². The van der Waals surface area contributed by atoms with Gasteiger partial charge in [-0.3, -0.25) is 25.0 Å². The lowest BCUT2D eigenvalue weighted by molar-refractivity contribution is -0.394. The molecule has 0 bridgehead atoms. The zero-order chi connectivity index (χ0) is 23.2. The average Bonchev–Trinajstić information content (AvgIpc) is 2.67. The summed E-state index contributed by atoms with van der Waals surface area (Å²) in [6.07, 6.45) is -0.442. The van der Waals surface area contributed by atoms with E-state index in [1.807, 2.05) is 0 Å². The molecular formula is C18H20N3O9P. The van der Waals surface area contributed by atoms with Crippen LogP contribution in [0.5, 0.6) is 11.5 Å². The number of para-hydroxylation sites is 1. The Morgan fingerprint density at radius 1 is 1.00 bits per heavy atom. The Balaban J connectivity index is 2.41. The maximum Gasteiger partial charge on any atom is 0.513 e. The normalized spacial score (nSPS) is 13.7. The van der Waals surface area contributed by atoms with Crippen LogP contribution in [0.3, 0.4) is 0 Å². The number of rotatable bonds is 10. The lowest BCUT2D eigenvalue weighted by Crippen LogP contribution is -2.36. The minimum Gasteiger partial charge on any atom is -0.462 e. The summed E-state index contributed by atoms with van der Waals surface area (Å²) in [5.41, 5.74) is -1.36. The van der Waals surface area contributed by atoms with E-state index in [2.05, 4.69) is 5.09 Å². The van der Waals surface area contributed by atoms with Crippen LogP contribution in [0, 0.1) is 20.2 Å². The number of carbonyl (C=O) groups excluding carboxylic acids is 1. The van der Waals surface area contributed by atoms with Gasteiger partial charge in [-0.05, 0) is 39.0 Å². The van der Waals surface area contributed by atoms with E-state index in [-0.39, 0.29) is 5.75 Å². The SMILES string of the molecule is CC(C)OC(=O)C(C)N[P@](=O)(Oc1ccccc1)Oc1ccc([N+](=O)[O-])cc1[N+](=O)[O-]. The van der Waals surface area contributed by atoms with E-state index in [4.69, 9.17) is 13.8 Å². The zero-order valence-electron chi connectivity index (χ0n) is 16.8. The summed E-state index contributed by atoms with van der Waals surface area (Å²) in [6, 6.07) is 9.14. The number of nitro groups is 2. The van der Waals surface area contributed by atoms with Crippen LogP contribution in [0.2, 0.25) is 0 Å². The molecule has 0 radical (unpaired) electrons. The van der Waals surface area contributed by atoms with Crippen LogP contribution in [-0.4, -0.2) is 28.0 Å². The predicted octanol–water partition coefficient (Wildman–Crippen LogP) is 4.00. The number of nitro benzene ring substituents is 2. The van der Waals surface area contributed by atoms with Crippen molar-refractivity contribution in [1.29, 1.82) is 0 Å². The van der Waals surface area contributed by atoms with Gasteiger partial charge in [0.05, 0.1) is 22.0 Å². The van der Waals surface area contributed by atoms with Crippen LogP contribution in [0.1, 0.15) is 20.8 Å². The molecule has 2 rings (SSSR count). The summed E-state index contributed by atoms with van der Waals surface area (Å²) in [5.74, 6) is -1.21. The van der Waals surface area contributed by atoms with Crippen molar-refractivity contribution >= 4 is 25.1 Å². The molecule has 31 heavy (non-hydrogen) atoms. The lowest BCUT2D eigenvalue weighted by Gasteiger charge is -2.23. The van der Waals surface area contributed by atoms with Gasteiger partial charge in [0.15, 0.2) is 0 Å². The molecule has 2 aromatic carbocycles. The molecular weight excluding hydrogens is 433 g/mol. The van der Waals surface area contributed by atoms with Gasteiger partial charge in [0.2, 0.25) is 5.75 Å². The van der Waals surface area contributed by atoms with Crippen molar-refractivity contribution in [2.24, 2.45) is 0 Å². The molecule has 0 heterocycles. The molecule has 2 atom stereocenters. The Morgan fingerprint density at radius 3 is 2.19 bits per heavy atom. The van der Waals surface area contributed by atoms with Crippen LogP contribution >= 0.6 is 7.75 Å². The molecule has 12 nitrogen and oxygen atoms in total. The Kier molecular flexibility index (Phi) is 7.67. The summed E-state index contributed by atoms with van der Waals surface area (Å²) in [7, 11) is -4.45. The predicted molar refractivity (Wildman–Crippen MR) is 109 cm³/mol. The number of esters is 1. The monoisotopic (exact) mass is 453 g/mol.